The molecule has 0 spiro atoms. The summed E-state index contributed by atoms with van der Waals surface area (Å²) in [6.07, 6.45) is 1.95. The van der Waals surface area contributed by atoms with E-state index < -0.39 is 0 Å². The van der Waals surface area contributed by atoms with E-state index in [0.29, 0.717) is 5.25 Å². The molecule has 1 heterocycles. The van der Waals surface area contributed by atoms with Gasteiger partial charge in [0, 0.05) is 22.0 Å². The molecular formula is C13H15NS. The maximum Gasteiger partial charge on any atom is 0.0453 e. The minimum absolute atomic E-state index is 0.640. The van der Waals surface area contributed by atoms with Crippen LogP contribution in [-0.2, 0) is 0 Å². The molecule has 2 aromatic rings. The van der Waals surface area contributed by atoms with Crippen LogP contribution in [-0.4, -0.2) is 10.2 Å². The molecule has 1 aromatic carbocycles. The molecule has 2 heteroatoms. The summed E-state index contributed by atoms with van der Waals surface area (Å²) >= 11 is 1.89. The van der Waals surface area contributed by atoms with Crippen LogP contribution in [0.5, 0.6) is 0 Å². The SMILES string of the molecule is CC(C)Sc1ccc(-c2ccc[nH]2)cc1. The summed E-state index contributed by atoms with van der Waals surface area (Å²) in [7, 11) is 0. The van der Waals surface area contributed by atoms with Gasteiger partial charge in [-0.2, -0.15) is 0 Å². The highest BCUT2D eigenvalue weighted by Gasteiger charge is 2.00. The van der Waals surface area contributed by atoms with Crippen LogP contribution in [0.3, 0.4) is 0 Å². The Morgan fingerprint density at radius 3 is 2.33 bits per heavy atom. The van der Waals surface area contributed by atoms with Gasteiger partial charge in [-0.1, -0.05) is 26.0 Å². The van der Waals surface area contributed by atoms with Crippen molar-refractivity contribution in [2.24, 2.45) is 0 Å². The van der Waals surface area contributed by atoms with Gasteiger partial charge in [-0.05, 0) is 29.8 Å². The number of rotatable bonds is 3. The van der Waals surface area contributed by atoms with E-state index in [2.05, 4.69) is 49.2 Å². The lowest BCUT2D eigenvalue weighted by Gasteiger charge is -2.05. The van der Waals surface area contributed by atoms with E-state index in [1.165, 1.54) is 16.2 Å². The molecule has 2 rings (SSSR count). The number of benzene rings is 1. The summed E-state index contributed by atoms with van der Waals surface area (Å²) in [6, 6.07) is 12.8. The molecule has 0 radical (unpaired) electrons. The number of H-pyrrole nitrogens is 1. The number of hydrogen-bond donors (Lipinski definition) is 1. The van der Waals surface area contributed by atoms with Gasteiger partial charge in [-0.25, -0.2) is 0 Å². The Labute approximate surface area is 94.9 Å². The third kappa shape index (κ3) is 2.66. The van der Waals surface area contributed by atoms with Gasteiger partial charge < -0.3 is 4.98 Å². The van der Waals surface area contributed by atoms with Crippen molar-refractivity contribution in [2.75, 3.05) is 0 Å². The first-order valence-electron chi connectivity index (χ1n) is 5.16. The average Bonchev–Trinajstić information content (AvgIpc) is 2.71. The van der Waals surface area contributed by atoms with Crippen LogP contribution >= 0.6 is 11.8 Å². The summed E-state index contributed by atoms with van der Waals surface area (Å²) in [4.78, 5) is 4.54. The maximum atomic E-state index is 3.21. The van der Waals surface area contributed by atoms with Crippen LogP contribution in [0.4, 0.5) is 0 Å². The molecule has 0 saturated heterocycles. The summed E-state index contributed by atoms with van der Waals surface area (Å²) in [5, 5.41) is 0.640. The summed E-state index contributed by atoms with van der Waals surface area (Å²) < 4.78 is 0. The summed E-state index contributed by atoms with van der Waals surface area (Å²) in [5.74, 6) is 0. The lowest BCUT2D eigenvalue weighted by molar-refractivity contribution is 1.11. The smallest absolute Gasteiger partial charge is 0.0453 e. The van der Waals surface area contributed by atoms with Crippen molar-refractivity contribution in [2.45, 2.75) is 24.0 Å². The lowest BCUT2D eigenvalue weighted by atomic mass is 10.2. The van der Waals surface area contributed by atoms with E-state index in [9.17, 15) is 0 Å². The van der Waals surface area contributed by atoms with Gasteiger partial charge in [-0.15, -0.1) is 11.8 Å². The van der Waals surface area contributed by atoms with Crippen molar-refractivity contribution in [1.29, 1.82) is 0 Å². The van der Waals surface area contributed by atoms with Crippen LogP contribution < -0.4 is 0 Å². The Morgan fingerprint density at radius 2 is 1.80 bits per heavy atom. The highest BCUT2D eigenvalue weighted by Crippen LogP contribution is 2.25. The number of thioether (sulfide) groups is 1. The second kappa shape index (κ2) is 4.58. The number of aromatic nitrogens is 1. The van der Waals surface area contributed by atoms with Crippen molar-refractivity contribution in [3.8, 4) is 11.3 Å². The van der Waals surface area contributed by atoms with Gasteiger partial charge in [0.25, 0.3) is 0 Å². The van der Waals surface area contributed by atoms with Crippen molar-refractivity contribution in [3.63, 3.8) is 0 Å². The van der Waals surface area contributed by atoms with Crippen molar-refractivity contribution in [1.82, 2.24) is 4.98 Å². The van der Waals surface area contributed by atoms with Crippen LogP contribution in [0.15, 0.2) is 47.5 Å². The zero-order valence-corrected chi connectivity index (χ0v) is 9.84. The molecule has 0 aliphatic carbocycles. The second-order valence-corrected chi connectivity index (χ2v) is 5.42. The molecule has 1 aromatic heterocycles. The highest BCUT2D eigenvalue weighted by atomic mass is 32.2. The van der Waals surface area contributed by atoms with Crippen LogP contribution in [0, 0.1) is 0 Å². The fraction of sp³-hybridized carbons (Fsp3) is 0.231. The highest BCUT2D eigenvalue weighted by molar-refractivity contribution is 7.99. The quantitative estimate of drug-likeness (QED) is 0.762. The third-order valence-corrected chi connectivity index (χ3v) is 3.15. The van der Waals surface area contributed by atoms with Gasteiger partial charge in [0.15, 0.2) is 0 Å². The largest absolute Gasteiger partial charge is 0.361 e. The molecule has 0 amide bonds. The third-order valence-electron chi connectivity index (χ3n) is 2.14. The van der Waals surface area contributed by atoms with E-state index in [-0.39, 0.29) is 0 Å². The van der Waals surface area contributed by atoms with E-state index in [0.717, 1.165) is 0 Å². The molecule has 78 valence electrons. The standard InChI is InChI=1S/C13H15NS/c1-10(2)15-12-7-5-11(6-8-12)13-4-3-9-14-13/h3-10,14H,1-2H3. The zero-order chi connectivity index (χ0) is 10.7. The first-order valence-corrected chi connectivity index (χ1v) is 6.04. The van der Waals surface area contributed by atoms with E-state index >= 15 is 0 Å². The number of aromatic amines is 1. The predicted molar refractivity (Wildman–Crippen MR) is 67.2 cm³/mol. The first-order chi connectivity index (χ1) is 7.25. The molecule has 0 saturated carbocycles. The van der Waals surface area contributed by atoms with Crippen molar-refractivity contribution >= 4 is 11.8 Å². The lowest BCUT2D eigenvalue weighted by Crippen LogP contribution is -1.85. The van der Waals surface area contributed by atoms with Crippen molar-refractivity contribution < 1.29 is 0 Å². The Balaban J connectivity index is 2.17. The van der Waals surface area contributed by atoms with Gasteiger partial charge >= 0.3 is 0 Å². The number of hydrogen-bond acceptors (Lipinski definition) is 1. The fourth-order valence-electron chi connectivity index (χ4n) is 1.50. The molecular weight excluding hydrogens is 202 g/mol. The molecule has 15 heavy (non-hydrogen) atoms. The van der Waals surface area contributed by atoms with Crippen LogP contribution in [0.2, 0.25) is 0 Å². The minimum atomic E-state index is 0.640. The average molecular weight is 217 g/mol. The Bertz CT molecular complexity index is 401. The molecule has 0 aliphatic rings. The predicted octanol–water partition coefficient (Wildman–Crippen LogP) is 4.18. The van der Waals surface area contributed by atoms with E-state index in [1.807, 2.05) is 24.0 Å². The molecule has 0 bridgehead atoms. The Hall–Kier alpha value is -1.15. The second-order valence-electron chi connectivity index (χ2n) is 3.77. The first kappa shape index (κ1) is 10.4. The molecule has 0 atom stereocenters. The topological polar surface area (TPSA) is 15.8 Å². The molecule has 0 fully saturated rings. The summed E-state index contributed by atoms with van der Waals surface area (Å²) in [5.41, 5.74) is 2.42. The monoisotopic (exact) mass is 217 g/mol. The number of nitrogens with one attached hydrogen (secondary N) is 1. The summed E-state index contributed by atoms with van der Waals surface area (Å²) in [6.45, 7) is 4.42. The van der Waals surface area contributed by atoms with Gasteiger partial charge in [0.05, 0.1) is 0 Å². The molecule has 1 N–H and O–H groups in total. The van der Waals surface area contributed by atoms with Crippen molar-refractivity contribution in [3.05, 3.63) is 42.6 Å². The molecule has 0 unspecified atom stereocenters. The van der Waals surface area contributed by atoms with Gasteiger partial charge in [0.1, 0.15) is 0 Å². The molecule has 1 nitrogen and oxygen atoms in total. The Morgan fingerprint density at radius 1 is 1.07 bits per heavy atom. The normalized spacial score (nSPS) is 10.9. The zero-order valence-electron chi connectivity index (χ0n) is 9.03. The van der Waals surface area contributed by atoms with E-state index in [1.54, 1.807) is 0 Å². The van der Waals surface area contributed by atoms with Gasteiger partial charge in [-0.3, -0.25) is 0 Å². The fourth-order valence-corrected chi connectivity index (χ4v) is 2.33. The van der Waals surface area contributed by atoms with Crippen LogP contribution in [0.25, 0.3) is 11.3 Å². The van der Waals surface area contributed by atoms with E-state index in [4.69, 9.17) is 0 Å². The van der Waals surface area contributed by atoms with Crippen LogP contribution in [0.1, 0.15) is 13.8 Å². The molecule has 0 aliphatic heterocycles. The van der Waals surface area contributed by atoms with Gasteiger partial charge in [0.2, 0.25) is 0 Å². The maximum absolute atomic E-state index is 3.21. The minimum Gasteiger partial charge on any atom is -0.361 e. The Kier molecular flexibility index (Phi) is 3.17.